The van der Waals surface area contributed by atoms with Crippen molar-refractivity contribution in [1.29, 1.82) is 0 Å². The Morgan fingerprint density at radius 2 is 1.91 bits per heavy atom. The lowest BCUT2D eigenvalue weighted by Gasteiger charge is -2.37. The summed E-state index contributed by atoms with van der Waals surface area (Å²) in [5, 5.41) is 0. The average Bonchev–Trinajstić information content (AvgIpc) is 2.93. The Balaban J connectivity index is 0.00000192. The van der Waals surface area contributed by atoms with Gasteiger partial charge in [0.15, 0.2) is 0 Å². The molecule has 23 heavy (non-hydrogen) atoms. The van der Waals surface area contributed by atoms with Crippen LogP contribution in [0.4, 0.5) is 0 Å². The van der Waals surface area contributed by atoms with E-state index < -0.39 is 0 Å². The minimum absolute atomic E-state index is 0. The van der Waals surface area contributed by atoms with E-state index in [4.69, 9.17) is 5.73 Å². The minimum Gasteiger partial charge on any atom is -0.335 e. The van der Waals surface area contributed by atoms with Crippen molar-refractivity contribution in [2.45, 2.75) is 57.5 Å². The van der Waals surface area contributed by atoms with Gasteiger partial charge in [0.2, 0.25) is 5.91 Å². The second-order valence-electron chi connectivity index (χ2n) is 7.14. The summed E-state index contributed by atoms with van der Waals surface area (Å²) in [5.41, 5.74) is 7.25. The van der Waals surface area contributed by atoms with Crippen LogP contribution in [0, 0.1) is 11.8 Å². The zero-order chi connectivity index (χ0) is 15.5. The van der Waals surface area contributed by atoms with E-state index in [9.17, 15) is 4.79 Å². The predicted molar refractivity (Wildman–Crippen MR) is 96.5 cm³/mol. The van der Waals surface area contributed by atoms with Gasteiger partial charge in [0, 0.05) is 18.5 Å². The molecule has 1 aromatic rings. The lowest BCUT2D eigenvalue weighted by atomic mass is 9.84. The maximum Gasteiger partial charge on any atom is 0.226 e. The zero-order valence-electron chi connectivity index (χ0n) is 14.0. The minimum atomic E-state index is 0. The first-order valence-electron chi connectivity index (χ1n) is 8.76. The van der Waals surface area contributed by atoms with E-state index in [2.05, 4.69) is 36.1 Å². The van der Waals surface area contributed by atoms with Gasteiger partial charge < -0.3 is 10.6 Å². The summed E-state index contributed by atoms with van der Waals surface area (Å²) in [5.74, 6) is 1.17. The van der Waals surface area contributed by atoms with E-state index in [0.29, 0.717) is 11.8 Å². The van der Waals surface area contributed by atoms with Crippen molar-refractivity contribution < 1.29 is 4.79 Å². The molecule has 3 nitrogen and oxygen atoms in total. The monoisotopic (exact) mass is 336 g/mol. The van der Waals surface area contributed by atoms with Crippen molar-refractivity contribution >= 4 is 18.3 Å². The topological polar surface area (TPSA) is 46.3 Å². The maximum atomic E-state index is 13.1. The third-order valence-electron chi connectivity index (χ3n) is 5.53. The summed E-state index contributed by atoms with van der Waals surface area (Å²) < 4.78 is 0. The molecule has 0 radical (unpaired) electrons. The second-order valence-corrected chi connectivity index (χ2v) is 7.14. The molecule has 0 heterocycles. The molecule has 3 atom stereocenters. The number of hydrogen-bond donors (Lipinski definition) is 1. The Bertz CT molecular complexity index is 503. The normalized spacial score (nSPS) is 25.3. The third-order valence-corrected chi connectivity index (χ3v) is 5.53. The van der Waals surface area contributed by atoms with E-state index in [1.54, 1.807) is 0 Å². The number of benzene rings is 1. The summed E-state index contributed by atoms with van der Waals surface area (Å²) in [6.45, 7) is 3.08. The lowest BCUT2D eigenvalue weighted by molar-refractivity contribution is -0.138. The molecular weight excluding hydrogens is 308 g/mol. The van der Waals surface area contributed by atoms with Crippen molar-refractivity contribution in [3.8, 4) is 0 Å². The lowest BCUT2D eigenvalue weighted by Crippen LogP contribution is -2.42. The number of amides is 1. The summed E-state index contributed by atoms with van der Waals surface area (Å²) in [6.07, 6.45) is 6.68. The highest BCUT2D eigenvalue weighted by atomic mass is 35.5. The fraction of sp³-hybridized carbons (Fsp3) is 0.632. The SMILES string of the molecule is CC(c1ccccc1)N(CC1CCC1)C(=O)C1CCC(N)C1.Cl. The summed E-state index contributed by atoms with van der Waals surface area (Å²) in [6, 6.07) is 10.8. The van der Waals surface area contributed by atoms with Crippen LogP contribution in [-0.2, 0) is 4.79 Å². The molecule has 0 spiro atoms. The van der Waals surface area contributed by atoms with Crippen LogP contribution in [0.3, 0.4) is 0 Å². The van der Waals surface area contributed by atoms with Gasteiger partial charge in [0.05, 0.1) is 6.04 Å². The summed E-state index contributed by atoms with van der Waals surface area (Å²) >= 11 is 0. The van der Waals surface area contributed by atoms with Crippen LogP contribution in [-0.4, -0.2) is 23.4 Å². The van der Waals surface area contributed by atoms with Crippen molar-refractivity contribution in [3.63, 3.8) is 0 Å². The molecule has 2 aliphatic rings. The van der Waals surface area contributed by atoms with Crippen LogP contribution in [0.15, 0.2) is 30.3 Å². The van der Waals surface area contributed by atoms with Crippen LogP contribution >= 0.6 is 12.4 Å². The zero-order valence-corrected chi connectivity index (χ0v) is 14.8. The number of carbonyl (C=O) groups excluding carboxylic acids is 1. The van der Waals surface area contributed by atoms with Gasteiger partial charge in [-0.05, 0) is 50.5 Å². The molecule has 2 fully saturated rings. The van der Waals surface area contributed by atoms with Gasteiger partial charge in [-0.2, -0.15) is 0 Å². The molecule has 2 N–H and O–H groups in total. The highest BCUT2D eigenvalue weighted by Gasteiger charge is 2.35. The number of halogens is 1. The van der Waals surface area contributed by atoms with Gasteiger partial charge in [-0.25, -0.2) is 0 Å². The number of hydrogen-bond acceptors (Lipinski definition) is 2. The molecule has 0 bridgehead atoms. The molecule has 4 heteroatoms. The highest BCUT2D eigenvalue weighted by molar-refractivity contribution is 5.85. The largest absolute Gasteiger partial charge is 0.335 e. The Hall–Kier alpha value is -1.06. The molecule has 0 aromatic heterocycles. The van der Waals surface area contributed by atoms with Crippen molar-refractivity contribution in [1.82, 2.24) is 4.90 Å². The van der Waals surface area contributed by atoms with Crippen molar-refractivity contribution in [2.75, 3.05) is 6.54 Å². The second kappa shape index (κ2) is 8.16. The Kier molecular flexibility index (Phi) is 6.49. The predicted octanol–water partition coefficient (Wildman–Crippen LogP) is 3.93. The van der Waals surface area contributed by atoms with Crippen LogP contribution in [0.25, 0.3) is 0 Å². The first-order valence-corrected chi connectivity index (χ1v) is 8.76. The molecule has 2 saturated carbocycles. The van der Waals surface area contributed by atoms with Crippen molar-refractivity contribution in [3.05, 3.63) is 35.9 Å². The molecule has 2 aliphatic carbocycles. The average molecular weight is 337 g/mol. The van der Waals surface area contributed by atoms with Gasteiger partial charge in [-0.3, -0.25) is 4.79 Å². The van der Waals surface area contributed by atoms with E-state index in [1.807, 2.05) is 6.07 Å². The number of rotatable bonds is 5. The number of carbonyl (C=O) groups is 1. The fourth-order valence-corrected chi connectivity index (χ4v) is 3.78. The van der Waals surface area contributed by atoms with Crippen LogP contribution in [0.5, 0.6) is 0 Å². The van der Waals surface area contributed by atoms with Crippen LogP contribution in [0.2, 0.25) is 0 Å². The molecule has 0 saturated heterocycles. The first-order chi connectivity index (χ1) is 10.6. The molecule has 3 unspecified atom stereocenters. The summed E-state index contributed by atoms with van der Waals surface area (Å²) in [4.78, 5) is 15.2. The summed E-state index contributed by atoms with van der Waals surface area (Å²) in [7, 11) is 0. The Morgan fingerprint density at radius 3 is 2.43 bits per heavy atom. The van der Waals surface area contributed by atoms with Gasteiger partial charge in [-0.15, -0.1) is 12.4 Å². The van der Waals surface area contributed by atoms with Gasteiger partial charge >= 0.3 is 0 Å². The molecule has 3 rings (SSSR count). The smallest absolute Gasteiger partial charge is 0.226 e. The van der Waals surface area contributed by atoms with E-state index in [-0.39, 0.29) is 30.4 Å². The maximum absolute atomic E-state index is 13.1. The molecule has 128 valence electrons. The fourth-order valence-electron chi connectivity index (χ4n) is 3.78. The van der Waals surface area contributed by atoms with Crippen LogP contribution in [0.1, 0.15) is 57.1 Å². The van der Waals surface area contributed by atoms with E-state index in [0.717, 1.165) is 25.8 Å². The van der Waals surface area contributed by atoms with Gasteiger partial charge in [-0.1, -0.05) is 36.8 Å². The highest BCUT2D eigenvalue weighted by Crippen LogP contribution is 2.34. The Morgan fingerprint density at radius 1 is 1.22 bits per heavy atom. The third kappa shape index (κ3) is 4.27. The van der Waals surface area contributed by atoms with E-state index in [1.165, 1.54) is 24.8 Å². The molecule has 1 aromatic carbocycles. The van der Waals surface area contributed by atoms with Crippen LogP contribution < -0.4 is 5.73 Å². The van der Waals surface area contributed by atoms with Gasteiger partial charge in [0.25, 0.3) is 0 Å². The Labute approximate surface area is 146 Å². The molecule has 0 aliphatic heterocycles. The molecule has 1 amide bonds. The quantitative estimate of drug-likeness (QED) is 0.885. The molecular formula is C19H29ClN2O. The number of nitrogens with two attached hydrogens (primary N) is 1. The van der Waals surface area contributed by atoms with Crippen molar-refractivity contribution in [2.24, 2.45) is 17.6 Å². The van der Waals surface area contributed by atoms with E-state index >= 15 is 0 Å². The first kappa shape index (κ1) is 18.3. The van der Waals surface area contributed by atoms with Gasteiger partial charge in [0.1, 0.15) is 0 Å². The number of nitrogens with zero attached hydrogens (tertiary/aromatic N) is 1. The standard InChI is InChI=1S/C19H28N2O.ClH/c1-14(16-8-3-2-4-9-16)21(13-15-6-5-7-15)19(22)17-10-11-18(20)12-17;/h2-4,8-9,14-15,17-18H,5-7,10-13,20H2,1H3;1H.